The third-order valence-electron chi connectivity index (χ3n) is 3.60. The zero-order valence-electron chi connectivity index (χ0n) is 9.89. The second-order valence-electron chi connectivity index (χ2n) is 4.66. The number of fused-ring (bicyclic) bond motifs is 3. The van der Waals surface area contributed by atoms with E-state index in [4.69, 9.17) is 4.42 Å². The molecule has 0 saturated heterocycles. The van der Waals surface area contributed by atoms with E-state index in [1.54, 1.807) is 0 Å². The summed E-state index contributed by atoms with van der Waals surface area (Å²) in [6, 6.07) is 18.9. The standard InChI is InChI=1S/C17H12O/c1-2-6-12(7-3-1)17-15-10-13-8-4-5-9-14(13)16(15)11-18-17/h1-9,11H,10H2. The highest BCUT2D eigenvalue weighted by Crippen LogP contribution is 2.42. The number of hydrogen-bond donors (Lipinski definition) is 0. The first-order valence-electron chi connectivity index (χ1n) is 6.17. The monoisotopic (exact) mass is 232 g/mol. The summed E-state index contributed by atoms with van der Waals surface area (Å²) >= 11 is 0. The topological polar surface area (TPSA) is 13.1 Å². The zero-order valence-corrected chi connectivity index (χ0v) is 9.89. The van der Waals surface area contributed by atoms with Crippen molar-refractivity contribution in [3.8, 4) is 22.5 Å². The van der Waals surface area contributed by atoms with Gasteiger partial charge in [0.15, 0.2) is 0 Å². The van der Waals surface area contributed by atoms with E-state index >= 15 is 0 Å². The van der Waals surface area contributed by atoms with Gasteiger partial charge in [0.2, 0.25) is 0 Å². The van der Waals surface area contributed by atoms with Crippen molar-refractivity contribution in [3.63, 3.8) is 0 Å². The minimum atomic E-state index is 0.978. The Labute approximate surface area is 106 Å². The average molecular weight is 232 g/mol. The molecule has 3 aromatic rings. The Bertz CT molecular complexity index is 707. The molecular formula is C17H12O. The minimum absolute atomic E-state index is 0.978. The van der Waals surface area contributed by atoms with Crippen molar-refractivity contribution in [2.24, 2.45) is 0 Å². The van der Waals surface area contributed by atoms with Crippen molar-refractivity contribution in [1.82, 2.24) is 0 Å². The summed E-state index contributed by atoms with van der Waals surface area (Å²) < 4.78 is 5.78. The zero-order chi connectivity index (χ0) is 11.9. The van der Waals surface area contributed by atoms with Crippen molar-refractivity contribution in [2.45, 2.75) is 6.42 Å². The molecule has 0 aliphatic heterocycles. The number of hydrogen-bond acceptors (Lipinski definition) is 1. The maximum Gasteiger partial charge on any atom is 0.138 e. The Balaban J connectivity index is 1.91. The van der Waals surface area contributed by atoms with Gasteiger partial charge in [-0.25, -0.2) is 0 Å². The highest BCUT2D eigenvalue weighted by Gasteiger charge is 2.24. The molecule has 0 fully saturated rings. The van der Waals surface area contributed by atoms with Crippen LogP contribution in [0.25, 0.3) is 22.5 Å². The molecule has 0 N–H and O–H groups in total. The molecule has 0 amide bonds. The predicted octanol–water partition coefficient (Wildman–Crippen LogP) is 4.52. The van der Waals surface area contributed by atoms with E-state index in [1.165, 1.54) is 22.3 Å². The van der Waals surface area contributed by atoms with Gasteiger partial charge in [0.05, 0.1) is 6.26 Å². The summed E-state index contributed by atoms with van der Waals surface area (Å²) in [5.41, 5.74) is 6.45. The van der Waals surface area contributed by atoms with Crippen LogP contribution in [0.2, 0.25) is 0 Å². The van der Waals surface area contributed by atoms with Gasteiger partial charge in [-0.2, -0.15) is 0 Å². The Kier molecular flexibility index (Phi) is 1.95. The fourth-order valence-electron chi connectivity index (χ4n) is 2.74. The van der Waals surface area contributed by atoms with Gasteiger partial charge in [0, 0.05) is 23.1 Å². The fourth-order valence-corrected chi connectivity index (χ4v) is 2.74. The summed E-state index contributed by atoms with van der Waals surface area (Å²) in [6.07, 6.45) is 2.87. The van der Waals surface area contributed by atoms with E-state index in [0.29, 0.717) is 0 Å². The van der Waals surface area contributed by atoms with Crippen LogP contribution in [0.1, 0.15) is 11.1 Å². The van der Waals surface area contributed by atoms with Gasteiger partial charge >= 0.3 is 0 Å². The summed E-state index contributed by atoms with van der Waals surface area (Å²) in [5, 5.41) is 0. The van der Waals surface area contributed by atoms with Crippen LogP contribution in [0.15, 0.2) is 65.3 Å². The minimum Gasteiger partial charge on any atom is -0.463 e. The Hall–Kier alpha value is -2.28. The summed E-state index contributed by atoms with van der Waals surface area (Å²) in [6.45, 7) is 0. The second kappa shape index (κ2) is 3.61. The quantitative estimate of drug-likeness (QED) is 0.470. The van der Waals surface area contributed by atoms with Gasteiger partial charge in [-0.05, 0) is 11.1 Å². The van der Waals surface area contributed by atoms with Gasteiger partial charge < -0.3 is 4.42 Å². The van der Waals surface area contributed by atoms with Crippen molar-refractivity contribution in [1.29, 1.82) is 0 Å². The molecule has 4 rings (SSSR count). The molecule has 0 unspecified atom stereocenters. The molecule has 0 bridgehead atoms. The lowest BCUT2D eigenvalue weighted by molar-refractivity contribution is 0.580. The van der Waals surface area contributed by atoms with Crippen LogP contribution in [-0.2, 0) is 6.42 Å². The van der Waals surface area contributed by atoms with Gasteiger partial charge in [-0.15, -0.1) is 0 Å². The lowest BCUT2D eigenvalue weighted by Gasteiger charge is -1.99. The van der Waals surface area contributed by atoms with Crippen LogP contribution in [0.3, 0.4) is 0 Å². The van der Waals surface area contributed by atoms with Gasteiger partial charge in [-0.3, -0.25) is 0 Å². The van der Waals surface area contributed by atoms with E-state index in [9.17, 15) is 0 Å². The number of furan rings is 1. The normalized spacial score (nSPS) is 12.2. The van der Waals surface area contributed by atoms with Crippen LogP contribution < -0.4 is 0 Å². The number of rotatable bonds is 1. The molecule has 86 valence electrons. The lowest BCUT2D eigenvalue weighted by Crippen LogP contribution is -1.83. The van der Waals surface area contributed by atoms with E-state index in [0.717, 1.165) is 17.7 Å². The molecule has 18 heavy (non-hydrogen) atoms. The van der Waals surface area contributed by atoms with E-state index in [-0.39, 0.29) is 0 Å². The summed E-state index contributed by atoms with van der Waals surface area (Å²) in [4.78, 5) is 0. The lowest BCUT2D eigenvalue weighted by atomic mass is 10.1. The Morgan fingerprint density at radius 2 is 1.56 bits per heavy atom. The molecule has 0 atom stereocenters. The summed E-state index contributed by atoms with van der Waals surface area (Å²) in [7, 11) is 0. The maximum atomic E-state index is 5.78. The van der Waals surface area contributed by atoms with Crippen molar-refractivity contribution in [2.75, 3.05) is 0 Å². The first kappa shape index (κ1) is 9.72. The van der Waals surface area contributed by atoms with E-state index < -0.39 is 0 Å². The van der Waals surface area contributed by atoms with Gasteiger partial charge in [-0.1, -0.05) is 54.6 Å². The molecule has 1 heteroatoms. The second-order valence-corrected chi connectivity index (χ2v) is 4.66. The fraction of sp³-hybridized carbons (Fsp3) is 0.0588. The van der Waals surface area contributed by atoms with E-state index in [1.807, 2.05) is 24.5 Å². The van der Waals surface area contributed by atoms with Crippen molar-refractivity contribution >= 4 is 0 Å². The van der Waals surface area contributed by atoms with Crippen LogP contribution in [0.5, 0.6) is 0 Å². The van der Waals surface area contributed by atoms with Crippen LogP contribution in [0.4, 0.5) is 0 Å². The van der Waals surface area contributed by atoms with Crippen LogP contribution >= 0.6 is 0 Å². The van der Waals surface area contributed by atoms with Crippen LogP contribution in [0, 0.1) is 0 Å². The van der Waals surface area contributed by atoms with Crippen molar-refractivity contribution < 1.29 is 4.42 Å². The predicted molar refractivity (Wildman–Crippen MR) is 72.4 cm³/mol. The van der Waals surface area contributed by atoms with Crippen LogP contribution in [-0.4, -0.2) is 0 Å². The first-order valence-corrected chi connectivity index (χ1v) is 6.17. The molecule has 0 radical (unpaired) electrons. The van der Waals surface area contributed by atoms with Gasteiger partial charge in [0.1, 0.15) is 5.76 Å². The smallest absolute Gasteiger partial charge is 0.138 e. The largest absolute Gasteiger partial charge is 0.463 e. The molecule has 2 aromatic carbocycles. The molecule has 1 aliphatic rings. The molecule has 1 aromatic heterocycles. The van der Waals surface area contributed by atoms with E-state index in [2.05, 4.69) is 36.4 Å². The third-order valence-corrected chi connectivity index (χ3v) is 3.60. The van der Waals surface area contributed by atoms with Crippen molar-refractivity contribution in [3.05, 3.63) is 72.0 Å². The molecule has 0 spiro atoms. The molecule has 1 nitrogen and oxygen atoms in total. The molecule has 1 aliphatic carbocycles. The molecule has 0 saturated carbocycles. The highest BCUT2D eigenvalue weighted by atomic mass is 16.3. The average Bonchev–Trinajstić information content (AvgIpc) is 2.98. The molecular weight excluding hydrogens is 220 g/mol. The third kappa shape index (κ3) is 1.28. The van der Waals surface area contributed by atoms with Gasteiger partial charge in [0.25, 0.3) is 0 Å². The molecule has 1 heterocycles. The Morgan fingerprint density at radius 3 is 2.44 bits per heavy atom. The number of benzene rings is 2. The Morgan fingerprint density at radius 1 is 0.778 bits per heavy atom. The highest BCUT2D eigenvalue weighted by molar-refractivity contribution is 5.82. The SMILES string of the molecule is c1ccc(-c2occ3c2Cc2ccccc2-3)cc1. The maximum absolute atomic E-state index is 5.78. The first-order chi connectivity index (χ1) is 8.93. The summed E-state index contributed by atoms with van der Waals surface area (Å²) in [5.74, 6) is 1.02.